The molecule has 0 aliphatic carbocycles. The maximum absolute atomic E-state index is 12.5. The Hall–Kier alpha value is -3.54. The Labute approximate surface area is 164 Å². The highest BCUT2D eigenvalue weighted by molar-refractivity contribution is 5.91. The van der Waals surface area contributed by atoms with Crippen molar-refractivity contribution in [2.75, 3.05) is 11.9 Å². The highest BCUT2D eigenvalue weighted by Gasteiger charge is 2.26. The van der Waals surface area contributed by atoms with E-state index in [1.165, 1.54) is 6.07 Å². The number of halogens is 3. The van der Waals surface area contributed by atoms with Crippen molar-refractivity contribution in [1.29, 1.82) is 0 Å². The van der Waals surface area contributed by atoms with E-state index in [-0.39, 0.29) is 23.6 Å². The van der Waals surface area contributed by atoms with E-state index >= 15 is 0 Å². The Morgan fingerprint density at radius 1 is 1.31 bits per heavy atom. The van der Waals surface area contributed by atoms with Gasteiger partial charge in [-0.05, 0) is 37.0 Å². The molecular weight excluding hydrogens is 385 g/mol. The third-order valence-electron chi connectivity index (χ3n) is 4.63. The first-order chi connectivity index (χ1) is 13.6. The van der Waals surface area contributed by atoms with Crippen molar-refractivity contribution in [3.05, 3.63) is 46.9 Å². The van der Waals surface area contributed by atoms with Gasteiger partial charge < -0.3 is 10.4 Å². The highest BCUT2D eigenvalue weighted by Crippen LogP contribution is 2.30. The van der Waals surface area contributed by atoms with Crippen LogP contribution >= 0.6 is 0 Å². The molecule has 0 fully saturated rings. The minimum atomic E-state index is -4.30. The average Bonchev–Trinajstić information content (AvgIpc) is 3.06. The van der Waals surface area contributed by atoms with E-state index in [4.69, 9.17) is 6.42 Å². The number of fused-ring (bicyclic) bond motifs is 1. The summed E-state index contributed by atoms with van der Waals surface area (Å²) in [6.07, 6.45) is 3.24. The fourth-order valence-corrected chi connectivity index (χ4v) is 3.03. The largest absolute Gasteiger partial charge is 0.478 e. The summed E-state index contributed by atoms with van der Waals surface area (Å²) >= 11 is 0. The lowest BCUT2D eigenvalue weighted by atomic mass is 9.96. The molecule has 3 rings (SSSR count). The van der Waals surface area contributed by atoms with Crippen molar-refractivity contribution in [3.8, 4) is 23.6 Å². The Morgan fingerprint density at radius 2 is 2.03 bits per heavy atom. The molecule has 0 atom stereocenters. The number of terminal acetylenes is 1. The molecular formula is C20H17F3N4O2. The first-order valence-corrected chi connectivity index (χ1v) is 8.61. The quantitative estimate of drug-likeness (QED) is 0.630. The maximum Gasteiger partial charge on any atom is 0.390 e. The van der Waals surface area contributed by atoms with Crippen LogP contribution in [0.2, 0.25) is 0 Å². The molecule has 0 unspecified atom stereocenters. The molecule has 3 aromatic rings. The van der Waals surface area contributed by atoms with E-state index in [9.17, 15) is 23.1 Å². The summed E-state index contributed by atoms with van der Waals surface area (Å²) in [7, 11) is 0. The van der Waals surface area contributed by atoms with Crippen molar-refractivity contribution >= 4 is 17.4 Å². The highest BCUT2D eigenvalue weighted by atomic mass is 19.4. The Morgan fingerprint density at radius 3 is 2.66 bits per heavy atom. The number of hydrogen-bond donors (Lipinski definition) is 2. The first kappa shape index (κ1) is 20.2. The van der Waals surface area contributed by atoms with Crippen molar-refractivity contribution < 1.29 is 23.1 Å². The molecule has 0 bridgehead atoms. The number of aromatic carboxylic acids is 1. The molecule has 0 spiro atoms. The van der Waals surface area contributed by atoms with Gasteiger partial charge in [-0.1, -0.05) is 6.07 Å². The van der Waals surface area contributed by atoms with Gasteiger partial charge in [0.05, 0.1) is 23.9 Å². The summed E-state index contributed by atoms with van der Waals surface area (Å²) in [5.74, 6) is 1.51. The molecule has 2 heterocycles. The van der Waals surface area contributed by atoms with Gasteiger partial charge in [0.25, 0.3) is 0 Å². The van der Waals surface area contributed by atoms with E-state index in [0.717, 1.165) is 11.1 Å². The number of imidazole rings is 1. The van der Waals surface area contributed by atoms with Crippen LogP contribution in [0, 0.1) is 26.2 Å². The Balaban J connectivity index is 2.10. The zero-order valence-corrected chi connectivity index (χ0v) is 15.6. The number of nitrogens with zero attached hydrogens (tertiary/aromatic N) is 3. The standard InChI is InChI=1S/C20H17F3N4O2/c1-4-13-10-27-16(14-5-6-15(19(28)29)12(3)11(14)2)9-25-18(27)17(26-13)24-8-7-20(21,22)23/h1,5-6,9-10H,7-8H2,2-3H3,(H,24,26)(H,28,29). The van der Waals surface area contributed by atoms with Crippen molar-refractivity contribution in [3.63, 3.8) is 0 Å². The van der Waals surface area contributed by atoms with Gasteiger partial charge in [-0.15, -0.1) is 6.42 Å². The number of rotatable bonds is 5. The monoisotopic (exact) mass is 402 g/mol. The zero-order valence-electron chi connectivity index (χ0n) is 15.6. The van der Waals surface area contributed by atoms with Crippen LogP contribution in [0.1, 0.15) is 33.6 Å². The number of anilines is 1. The molecule has 0 radical (unpaired) electrons. The molecule has 0 aliphatic rings. The molecule has 0 saturated carbocycles. The van der Waals surface area contributed by atoms with Crippen molar-refractivity contribution in [2.24, 2.45) is 0 Å². The van der Waals surface area contributed by atoms with Gasteiger partial charge in [-0.25, -0.2) is 14.8 Å². The van der Waals surface area contributed by atoms with E-state index in [0.29, 0.717) is 16.9 Å². The minimum absolute atomic E-state index is 0.146. The number of hydrogen-bond acceptors (Lipinski definition) is 4. The zero-order chi connectivity index (χ0) is 21.3. The molecule has 150 valence electrons. The van der Waals surface area contributed by atoms with Crippen molar-refractivity contribution in [1.82, 2.24) is 14.4 Å². The summed E-state index contributed by atoms with van der Waals surface area (Å²) in [6, 6.07) is 3.17. The van der Waals surface area contributed by atoms with Crippen LogP contribution in [0.5, 0.6) is 0 Å². The SMILES string of the molecule is C#Cc1cn2c(-c3ccc(C(=O)O)c(C)c3C)cnc2c(NCCC(F)(F)F)n1. The van der Waals surface area contributed by atoms with Gasteiger partial charge in [0.2, 0.25) is 0 Å². The third-order valence-corrected chi connectivity index (χ3v) is 4.63. The number of alkyl halides is 3. The van der Waals surface area contributed by atoms with E-state index in [1.807, 2.05) is 0 Å². The van der Waals surface area contributed by atoms with Crippen LogP contribution in [0.15, 0.2) is 24.5 Å². The van der Waals surface area contributed by atoms with Crippen LogP contribution in [0.25, 0.3) is 16.9 Å². The Bertz CT molecular complexity index is 1140. The molecule has 2 N–H and O–H groups in total. The van der Waals surface area contributed by atoms with E-state index < -0.39 is 18.6 Å². The van der Waals surface area contributed by atoms with Crippen LogP contribution in [0.3, 0.4) is 0 Å². The minimum Gasteiger partial charge on any atom is -0.478 e. The van der Waals surface area contributed by atoms with Crippen molar-refractivity contribution in [2.45, 2.75) is 26.4 Å². The van der Waals surface area contributed by atoms with Gasteiger partial charge in [0.1, 0.15) is 5.69 Å². The molecule has 6 nitrogen and oxygen atoms in total. The maximum atomic E-state index is 12.5. The smallest absolute Gasteiger partial charge is 0.390 e. The average molecular weight is 402 g/mol. The van der Waals surface area contributed by atoms with Crippen LogP contribution in [-0.2, 0) is 0 Å². The van der Waals surface area contributed by atoms with E-state index in [2.05, 4.69) is 21.2 Å². The number of aromatic nitrogens is 3. The molecule has 0 aliphatic heterocycles. The lowest BCUT2D eigenvalue weighted by Gasteiger charge is -2.13. The molecule has 0 amide bonds. The summed E-state index contributed by atoms with van der Waals surface area (Å²) in [6.45, 7) is 3.14. The summed E-state index contributed by atoms with van der Waals surface area (Å²) in [5, 5.41) is 11.9. The Kier molecular flexibility index (Phi) is 5.20. The lowest BCUT2D eigenvalue weighted by Crippen LogP contribution is -2.16. The number of carboxylic acid groups (broad SMARTS) is 1. The second-order valence-electron chi connectivity index (χ2n) is 6.46. The number of carbonyl (C=O) groups is 1. The summed E-state index contributed by atoms with van der Waals surface area (Å²) in [4.78, 5) is 19.8. The van der Waals surface area contributed by atoms with Gasteiger partial charge >= 0.3 is 12.1 Å². The molecule has 0 saturated heterocycles. The molecule has 2 aromatic heterocycles. The molecule has 29 heavy (non-hydrogen) atoms. The van der Waals surface area contributed by atoms with Gasteiger partial charge in [-0.2, -0.15) is 13.2 Å². The summed E-state index contributed by atoms with van der Waals surface area (Å²) in [5.41, 5.74) is 3.45. The van der Waals surface area contributed by atoms with Gasteiger partial charge in [0, 0.05) is 18.3 Å². The van der Waals surface area contributed by atoms with Crippen LogP contribution in [-0.4, -0.2) is 38.2 Å². The normalized spacial score (nSPS) is 11.4. The van der Waals surface area contributed by atoms with E-state index in [1.54, 1.807) is 36.7 Å². The fraction of sp³-hybridized carbons (Fsp3) is 0.250. The molecule has 9 heteroatoms. The lowest BCUT2D eigenvalue weighted by molar-refractivity contribution is -0.131. The topological polar surface area (TPSA) is 79.5 Å². The summed E-state index contributed by atoms with van der Waals surface area (Å²) < 4.78 is 39.0. The fourth-order valence-electron chi connectivity index (χ4n) is 3.03. The number of nitrogens with one attached hydrogen (secondary N) is 1. The van der Waals surface area contributed by atoms with Crippen LogP contribution in [0.4, 0.5) is 19.0 Å². The number of benzene rings is 1. The second-order valence-corrected chi connectivity index (χ2v) is 6.46. The van der Waals surface area contributed by atoms with Gasteiger partial charge in [0.15, 0.2) is 11.5 Å². The third kappa shape index (κ3) is 4.01. The number of carboxylic acids is 1. The van der Waals surface area contributed by atoms with Crippen LogP contribution < -0.4 is 5.32 Å². The second kappa shape index (κ2) is 7.47. The molecule has 1 aromatic carbocycles. The van der Waals surface area contributed by atoms with Gasteiger partial charge in [-0.3, -0.25) is 4.40 Å². The first-order valence-electron chi connectivity index (χ1n) is 8.61. The predicted octanol–water partition coefficient (Wildman–Crippen LogP) is 4.06. The predicted molar refractivity (Wildman–Crippen MR) is 102 cm³/mol.